The lowest BCUT2D eigenvalue weighted by Gasteiger charge is -2.17. The van der Waals surface area contributed by atoms with Gasteiger partial charge in [0.15, 0.2) is 0 Å². The molecule has 1 aromatic carbocycles. The van der Waals surface area contributed by atoms with Crippen LogP contribution < -0.4 is 0 Å². The molecule has 0 bridgehead atoms. The topological polar surface area (TPSA) is 57.6 Å². The van der Waals surface area contributed by atoms with Gasteiger partial charge in [-0.3, -0.25) is 0 Å². The SMILES string of the molecule is CCC(O)c1cccc(S(=O)(=O)N2CCCC2)c1. The number of hydrogen-bond acceptors (Lipinski definition) is 3. The number of sulfonamides is 1. The second-order valence-corrected chi connectivity index (χ2v) is 6.55. The largest absolute Gasteiger partial charge is 0.388 e. The average molecular weight is 269 g/mol. The molecule has 0 spiro atoms. The van der Waals surface area contributed by atoms with Crippen molar-refractivity contribution in [3.63, 3.8) is 0 Å². The van der Waals surface area contributed by atoms with Crippen molar-refractivity contribution in [2.24, 2.45) is 0 Å². The van der Waals surface area contributed by atoms with E-state index in [1.165, 1.54) is 4.31 Å². The Balaban J connectivity index is 2.32. The molecule has 0 saturated carbocycles. The number of hydrogen-bond donors (Lipinski definition) is 1. The van der Waals surface area contributed by atoms with Crippen molar-refractivity contribution in [2.75, 3.05) is 13.1 Å². The number of aliphatic hydroxyl groups is 1. The molecule has 1 fully saturated rings. The van der Waals surface area contributed by atoms with Gasteiger partial charge >= 0.3 is 0 Å². The first-order valence-corrected chi connectivity index (χ1v) is 7.78. The van der Waals surface area contributed by atoms with Crippen molar-refractivity contribution < 1.29 is 13.5 Å². The van der Waals surface area contributed by atoms with Gasteiger partial charge in [-0.25, -0.2) is 8.42 Å². The first-order chi connectivity index (χ1) is 8.55. The summed E-state index contributed by atoms with van der Waals surface area (Å²) in [4.78, 5) is 0.286. The lowest BCUT2D eigenvalue weighted by molar-refractivity contribution is 0.173. The number of nitrogens with zero attached hydrogens (tertiary/aromatic N) is 1. The van der Waals surface area contributed by atoms with Crippen molar-refractivity contribution in [2.45, 2.75) is 37.2 Å². The van der Waals surface area contributed by atoms with E-state index in [-0.39, 0.29) is 4.90 Å². The van der Waals surface area contributed by atoms with E-state index in [2.05, 4.69) is 0 Å². The van der Waals surface area contributed by atoms with E-state index in [4.69, 9.17) is 0 Å². The highest BCUT2D eigenvalue weighted by Gasteiger charge is 2.27. The normalized spacial score (nSPS) is 19.0. The van der Waals surface area contributed by atoms with Crippen LogP contribution in [-0.2, 0) is 10.0 Å². The van der Waals surface area contributed by atoms with E-state index < -0.39 is 16.1 Å². The zero-order valence-electron chi connectivity index (χ0n) is 10.5. The first kappa shape index (κ1) is 13.5. The van der Waals surface area contributed by atoms with Gasteiger partial charge in [-0.05, 0) is 37.0 Å². The third-order valence-electron chi connectivity index (χ3n) is 3.33. The maximum absolute atomic E-state index is 12.3. The van der Waals surface area contributed by atoms with Gasteiger partial charge in [0.25, 0.3) is 0 Å². The Morgan fingerprint density at radius 3 is 2.61 bits per heavy atom. The fourth-order valence-electron chi connectivity index (χ4n) is 2.20. The van der Waals surface area contributed by atoms with Crippen LogP contribution >= 0.6 is 0 Å². The smallest absolute Gasteiger partial charge is 0.243 e. The Bertz CT molecular complexity index is 507. The Labute approximate surface area is 108 Å². The summed E-state index contributed by atoms with van der Waals surface area (Å²) in [6.45, 7) is 3.07. The molecule has 1 aliphatic heterocycles. The molecule has 1 saturated heterocycles. The molecule has 5 heteroatoms. The molecule has 0 amide bonds. The van der Waals surface area contributed by atoms with Crippen molar-refractivity contribution in [3.05, 3.63) is 29.8 Å². The van der Waals surface area contributed by atoms with E-state index in [9.17, 15) is 13.5 Å². The summed E-state index contributed by atoms with van der Waals surface area (Å²) >= 11 is 0. The highest BCUT2D eigenvalue weighted by molar-refractivity contribution is 7.89. The molecule has 1 unspecified atom stereocenters. The summed E-state index contributed by atoms with van der Waals surface area (Å²) in [5.74, 6) is 0. The maximum atomic E-state index is 12.3. The highest BCUT2D eigenvalue weighted by atomic mass is 32.2. The van der Waals surface area contributed by atoms with Crippen LogP contribution in [0.3, 0.4) is 0 Å². The Morgan fingerprint density at radius 2 is 2.00 bits per heavy atom. The van der Waals surface area contributed by atoms with Crippen LogP contribution in [0.4, 0.5) is 0 Å². The Morgan fingerprint density at radius 1 is 1.33 bits per heavy atom. The number of aliphatic hydroxyl groups excluding tert-OH is 1. The fraction of sp³-hybridized carbons (Fsp3) is 0.538. The van der Waals surface area contributed by atoms with Crippen LogP contribution in [0, 0.1) is 0 Å². The van der Waals surface area contributed by atoms with Gasteiger partial charge in [-0.1, -0.05) is 19.1 Å². The van der Waals surface area contributed by atoms with Crippen LogP contribution in [0.25, 0.3) is 0 Å². The van der Waals surface area contributed by atoms with Crippen LogP contribution in [0.1, 0.15) is 37.9 Å². The second-order valence-electron chi connectivity index (χ2n) is 4.61. The van der Waals surface area contributed by atoms with E-state index in [1.54, 1.807) is 24.3 Å². The van der Waals surface area contributed by atoms with Gasteiger partial charge in [-0.2, -0.15) is 4.31 Å². The molecule has 2 rings (SSSR count). The lowest BCUT2D eigenvalue weighted by Crippen LogP contribution is -2.27. The summed E-state index contributed by atoms with van der Waals surface area (Å²) in [7, 11) is -3.38. The quantitative estimate of drug-likeness (QED) is 0.908. The Hall–Kier alpha value is -0.910. The molecular weight excluding hydrogens is 250 g/mol. The van der Waals surface area contributed by atoms with Crippen molar-refractivity contribution >= 4 is 10.0 Å². The maximum Gasteiger partial charge on any atom is 0.243 e. The zero-order chi connectivity index (χ0) is 13.2. The van der Waals surface area contributed by atoms with Crippen LogP contribution in [0.5, 0.6) is 0 Å². The fourth-order valence-corrected chi connectivity index (χ4v) is 3.77. The van der Waals surface area contributed by atoms with Crippen molar-refractivity contribution in [1.82, 2.24) is 4.31 Å². The zero-order valence-corrected chi connectivity index (χ0v) is 11.4. The van der Waals surface area contributed by atoms with Crippen LogP contribution in [-0.4, -0.2) is 30.9 Å². The van der Waals surface area contributed by atoms with Gasteiger partial charge < -0.3 is 5.11 Å². The predicted octanol–water partition coefficient (Wildman–Crippen LogP) is 1.91. The molecule has 1 heterocycles. The summed E-state index contributed by atoms with van der Waals surface area (Å²) in [5.41, 5.74) is 0.665. The molecule has 1 aromatic rings. The third-order valence-corrected chi connectivity index (χ3v) is 5.23. The molecular formula is C13H19NO3S. The molecule has 100 valence electrons. The molecule has 1 aliphatic rings. The highest BCUT2D eigenvalue weighted by Crippen LogP contribution is 2.24. The number of benzene rings is 1. The van der Waals surface area contributed by atoms with Gasteiger partial charge in [0, 0.05) is 13.1 Å². The van der Waals surface area contributed by atoms with Crippen LogP contribution in [0.2, 0.25) is 0 Å². The first-order valence-electron chi connectivity index (χ1n) is 6.34. The monoisotopic (exact) mass is 269 g/mol. The van der Waals surface area contributed by atoms with Gasteiger partial charge in [0.2, 0.25) is 10.0 Å². The molecule has 0 aromatic heterocycles. The lowest BCUT2D eigenvalue weighted by atomic mass is 10.1. The van der Waals surface area contributed by atoms with E-state index in [1.807, 2.05) is 6.92 Å². The summed E-state index contributed by atoms with van der Waals surface area (Å²) in [6.07, 6.45) is 1.83. The molecule has 1 atom stereocenters. The minimum atomic E-state index is -3.38. The third kappa shape index (κ3) is 2.58. The average Bonchev–Trinajstić information content (AvgIpc) is 2.92. The van der Waals surface area contributed by atoms with Gasteiger partial charge in [0.05, 0.1) is 11.0 Å². The van der Waals surface area contributed by atoms with Gasteiger partial charge in [0.1, 0.15) is 0 Å². The number of rotatable bonds is 4. The van der Waals surface area contributed by atoms with E-state index in [0.29, 0.717) is 25.1 Å². The Kier molecular flexibility index (Phi) is 4.04. The molecule has 0 aliphatic carbocycles. The minimum Gasteiger partial charge on any atom is -0.388 e. The molecule has 0 radical (unpaired) electrons. The summed E-state index contributed by atoms with van der Waals surface area (Å²) < 4.78 is 26.2. The van der Waals surface area contributed by atoms with E-state index >= 15 is 0 Å². The minimum absolute atomic E-state index is 0.286. The molecule has 18 heavy (non-hydrogen) atoms. The molecule has 1 N–H and O–H groups in total. The second kappa shape index (κ2) is 5.38. The van der Waals surface area contributed by atoms with E-state index in [0.717, 1.165) is 12.8 Å². The van der Waals surface area contributed by atoms with Gasteiger partial charge in [-0.15, -0.1) is 0 Å². The standard InChI is InChI=1S/C13H19NO3S/c1-2-13(15)11-6-5-7-12(10-11)18(16,17)14-8-3-4-9-14/h5-7,10,13,15H,2-4,8-9H2,1H3. The van der Waals surface area contributed by atoms with Crippen LogP contribution in [0.15, 0.2) is 29.2 Å². The summed E-state index contributed by atoms with van der Waals surface area (Å²) in [5, 5.41) is 9.78. The summed E-state index contributed by atoms with van der Waals surface area (Å²) in [6, 6.07) is 6.63. The van der Waals surface area contributed by atoms with Crippen molar-refractivity contribution in [3.8, 4) is 0 Å². The van der Waals surface area contributed by atoms with Crippen molar-refractivity contribution in [1.29, 1.82) is 0 Å². The predicted molar refractivity (Wildman–Crippen MR) is 69.7 cm³/mol. The molecule has 4 nitrogen and oxygen atoms in total.